The van der Waals surface area contributed by atoms with Crippen molar-refractivity contribution in [3.63, 3.8) is 0 Å². The van der Waals surface area contributed by atoms with Crippen molar-refractivity contribution in [2.75, 3.05) is 6.61 Å². The van der Waals surface area contributed by atoms with Gasteiger partial charge in [-0.15, -0.1) is 0 Å². The molecule has 2 rings (SSSR count). The van der Waals surface area contributed by atoms with Gasteiger partial charge in [0.1, 0.15) is 5.75 Å². The van der Waals surface area contributed by atoms with Crippen molar-refractivity contribution in [3.05, 3.63) is 52.3 Å². The molecule has 0 unspecified atom stereocenters. The zero-order valence-corrected chi connectivity index (χ0v) is 11.6. The molecule has 20 heavy (non-hydrogen) atoms. The van der Waals surface area contributed by atoms with Crippen LogP contribution in [0.1, 0.15) is 12.5 Å². The van der Waals surface area contributed by atoms with E-state index in [0.717, 1.165) is 17.0 Å². The second-order valence-electron chi connectivity index (χ2n) is 4.40. The summed E-state index contributed by atoms with van der Waals surface area (Å²) >= 11 is 0. The lowest BCUT2D eigenvalue weighted by Crippen LogP contribution is -2.21. The van der Waals surface area contributed by atoms with Crippen molar-refractivity contribution < 1.29 is 4.74 Å². The van der Waals surface area contributed by atoms with E-state index in [1.54, 1.807) is 17.7 Å². The third-order valence-corrected chi connectivity index (χ3v) is 3.11. The highest BCUT2D eigenvalue weighted by molar-refractivity contribution is 5.60. The fourth-order valence-electron chi connectivity index (χ4n) is 2.09. The minimum Gasteiger partial charge on any atom is -0.494 e. The van der Waals surface area contributed by atoms with Gasteiger partial charge in [-0.2, -0.15) is 5.26 Å². The normalized spacial score (nSPS) is 10.1. The van der Waals surface area contributed by atoms with E-state index < -0.39 is 0 Å². The Bertz CT molecular complexity index is 694. The molecule has 0 N–H and O–H groups in total. The Morgan fingerprint density at radius 1 is 1.20 bits per heavy atom. The first kappa shape index (κ1) is 13.9. The summed E-state index contributed by atoms with van der Waals surface area (Å²) in [6, 6.07) is 13.2. The van der Waals surface area contributed by atoms with Crippen molar-refractivity contribution in [1.29, 1.82) is 5.26 Å². The number of hydrogen-bond donors (Lipinski definition) is 0. The predicted octanol–water partition coefficient (Wildman–Crippen LogP) is 2.52. The molecule has 0 amide bonds. The van der Waals surface area contributed by atoms with Crippen LogP contribution in [0.4, 0.5) is 0 Å². The van der Waals surface area contributed by atoms with Crippen molar-refractivity contribution >= 4 is 0 Å². The van der Waals surface area contributed by atoms with Crippen LogP contribution in [0, 0.1) is 11.3 Å². The van der Waals surface area contributed by atoms with Gasteiger partial charge in [-0.1, -0.05) is 6.07 Å². The van der Waals surface area contributed by atoms with Crippen LogP contribution in [-0.4, -0.2) is 11.2 Å². The topological polar surface area (TPSA) is 55.0 Å². The molecule has 0 aliphatic carbocycles. The molecule has 0 aliphatic heterocycles. The molecule has 1 aromatic carbocycles. The summed E-state index contributed by atoms with van der Waals surface area (Å²) in [4.78, 5) is 12.1. The van der Waals surface area contributed by atoms with Gasteiger partial charge >= 0.3 is 0 Å². The highest BCUT2D eigenvalue weighted by atomic mass is 16.5. The molecule has 0 radical (unpaired) electrons. The predicted molar refractivity (Wildman–Crippen MR) is 77.6 cm³/mol. The third kappa shape index (κ3) is 2.72. The fraction of sp³-hybridized carbons (Fsp3) is 0.250. The van der Waals surface area contributed by atoms with Crippen LogP contribution in [-0.2, 0) is 13.5 Å². The lowest BCUT2D eigenvalue weighted by atomic mass is 10.1. The van der Waals surface area contributed by atoms with Crippen LogP contribution in [0.15, 0.2) is 41.2 Å². The highest BCUT2D eigenvalue weighted by Crippen LogP contribution is 2.21. The molecule has 0 atom stereocenters. The number of ether oxygens (including phenoxy) is 1. The smallest absolute Gasteiger partial charge is 0.255 e. The number of pyridine rings is 1. The Kier molecular flexibility index (Phi) is 4.21. The summed E-state index contributed by atoms with van der Waals surface area (Å²) in [7, 11) is 1.72. The van der Waals surface area contributed by atoms with E-state index in [4.69, 9.17) is 10.00 Å². The number of nitrogens with zero attached hydrogens (tertiary/aromatic N) is 2. The summed E-state index contributed by atoms with van der Waals surface area (Å²) in [5.41, 5.74) is 2.15. The van der Waals surface area contributed by atoms with E-state index in [-0.39, 0.29) is 12.0 Å². The average Bonchev–Trinajstić information content (AvgIpc) is 2.46. The third-order valence-electron chi connectivity index (χ3n) is 3.11. The van der Waals surface area contributed by atoms with E-state index in [1.807, 2.05) is 43.3 Å². The summed E-state index contributed by atoms with van der Waals surface area (Å²) < 4.78 is 6.97. The minimum absolute atomic E-state index is 0.127. The first-order valence-corrected chi connectivity index (χ1v) is 6.46. The Balaban J connectivity index is 2.41. The van der Waals surface area contributed by atoms with Gasteiger partial charge in [-0.25, -0.2) is 0 Å². The first-order chi connectivity index (χ1) is 9.67. The Labute approximate surface area is 117 Å². The summed E-state index contributed by atoms with van der Waals surface area (Å²) in [6.45, 7) is 2.56. The second kappa shape index (κ2) is 6.07. The first-order valence-electron chi connectivity index (χ1n) is 6.46. The van der Waals surface area contributed by atoms with Crippen LogP contribution in [0.2, 0.25) is 0 Å². The van der Waals surface area contributed by atoms with Gasteiger partial charge in [0.2, 0.25) is 0 Å². The molecule has 1 heterocycles. The molecule has 102 valence electrons. The summed E-state index contributed by atoms with van der Waals surface area (Å²) in [5.74, 6) is 0.808. The van der Waals surface area contributed by atoms with Gasteiger partial charge in [-0.3, -0.25) is 4.79 Å². The van der Waals surface area contributed by atoms with Crippen LogP contribution in [0.5, 0.6) is 5.75 Å². The molecule has 4 heteroatoms. The number of rotatable bonds is 4. The highest BCUT2D eigenvalue weighted by Gasteiger charge is 2.07. The van der Waals surface area contributed by atoms with E-state index in [0.29, 0.717) is 12.2 Å². The maximum Gasteiger partial charge on any atom is 0.255 e. The fourth-order valence-corrected chi connectivity index (χ4v) is 2.09. The molecule has 0 spiro atoms. The molecule has 0 saturated carbocycles. The van der Waals surface area contributed by atoms with Crippen molar-refractivity contribution in [2.24, 2.45) is 7.05 Å². The van der Waals surface area contributed by atoms with E-state index in [9.17, 15) is 4.79 Å². The van der Waals surface area contributed by atoms with Crippen LogP contribution in [0.3, 0.4) is 0 Å². The van der Waals surface area contributed by atoms with Crippen molar-refractivity contribution in [1.82, 2.24) is 4.57 Å². The quantitative estimate of drug-likeness (QED) is 0.856. The molecule has 2 aromatic rings. The molecule has 1 aromatic heterocycles. The van der Waals surface area contributed by atoms with Gasteiger partial charge in [0, 0.05) is 12.6 Å². The van der Waals surface area contributed by atoms with Crippen LogP contribution >= 0.6 is 0 Å². The lowest BCUT2D eigenvalue weighted by Gasteiger charge is -2.10. The average molecular weight is 268 g/mol. The number of hydrogen-bond acceptors (Lipinski definition) is 3. The van der Waals surface area contributed by atoms with E-state index in [1.165, 1.54) is 0 Å². The van der Waals surface area contributed by atoms with Gasteiger partial charge in [0.05, 0.1) is 24.8 Å². The molecule has 4 nitrogen and oxygen atoms in total. The van der Waals surface area contributed by atoms with E-state index in [2.05, 4.69) is 0 Å². The monoisotopic (exact) mass is 268 g/mol. The van der Waals surface area contributed by atoms with Gasteiger partial charge < -0.3 is 9.30 Å². The summed E-state index contributed by atoms with van der Waals surface area (Å²) in [5, 5.41) is 8.69. The zero-order valence-electron chi connectivity index (χ0n) is 11.6. The zero-order chi connectivity index (χ0) is 14.5. The van der Waals surface area contributed by atoms with Crippen LogP contribution in [0.25, 0.3) is 11.3 Å². The maximum atomic E-state index is 12.1. The van der Waals surface area contributed by atoms with Gasteiger partial charge in [-0.05, 0) is 42.8 Å². The Morgan fingerprint density at radius 3 is 2.50 bits per heavy atom. The molecule has 0 bridgehead atoms. The number of nitriles is 1. The molecule has 0 fully saturated rings. The molecular weight excluding hydrogens is 252 g/mol. The van der Waals surface area contributed by atoms with Gasteiger partial charge in [0.15, 0.2) is 0 Å². The van der Waals surface area contributed by atoms with Crippen molar-refractivity contribution in [2.45, 2.75) is 13.3 Å². The van der Waals surface area contributed by atoms with Crippen LogP contribution < -0.4 is 10.3 Å². The number of benzene rings is 1. The molecule has 0 aliphatic rings. The summed E-state index contributed by atoms with van der Waals surface area (Å²) in [6.07, 6.45) is 0.135. The Morgan fingerprint density at radius 2 is 1.90 bits per heavy atom. The van der Waals surface area contributed by atoms with Crippen molar-refractivity contribution in [3.8, 4) is 23.1 Å². The molecule has 0 saturated heterocycles. The van der Waals surface area contributed by atoms with Gasteiger partial charge in [0.25, 0.3) is 5.56 Å². The Hall–Kier alpha value is -2.54. The lowest BCUT2D eigenvalue weighted by molar-refractivity contribution is 0.340. The molecular formula is C16H16N2O2. The SMILES string of the molecule is CCOc1ccc(-c2ccc(CC#N)c(=O)n2C)cc1. The largest absolute Gasteiger partial charge is 0.494 e. The maximum absolute atomic E-state index is 12.1. The van der Waals surface area contributed by atoms with E-state index >= 15 is 0 Å². The standard InChI is InChI=1S/C16H16N2O2/c1-3-20-14-7-4-12(5-8-14)15-9-6-13(10-11-17)16(19)18(15)2/h4-9H,3,10H2,1-2H3. The second-order valence-corrected chi connectivity index (χ2v) is 4.40. The minimum atomic E-state index is -0.127. The number of aromatic nitrogens is 1.